The van der Waals surface area contributed by atoms with Gasteiger partial charge >= 0.3 is 7.82 Å². The van der Waals surface area contributed by atoms with Crippen molar-refractivity contribution in [1.29, 1.82) is 0 Å². The van der Waals surface area contributed by atoms with Crippen LogP contribution in [-0.4, -0.2) is 36.7 Å². The highest BCUT2D eigenvalue weighted by atomic mass is 35.5. The maximum Gasteiger partial charge on any atom is 0.466 e. The van der Waals surface area contributed by atoms with Gasteiger partial charge in [-0.2, -0.15) is 0 Å². The Hall–Kier alpha value is -4.33. The van der Waals surface area contributed by atoms with E-state index >= 15 is 0 Å². The number of carbonyl (C=O) groups is 1. The second-order valence-electron chi connectivity index (χ2n) is 7.86. The molecule has 0 atom stereocenters. The molecule has 216 valence electrons. The number of amides is 1. The summed E-state index contributed by atoms with van der Waals surface area (Å²) in [5, 5.41) is 2.52. The molecule has 0 spiro atoms. The first-order valence-corrected chi connectivity index (χ1v) is 13.3. The average Bonchev–Trinajstić information content (AvgIpc) is 2.88. The first-order valence-electron chi connectivity index (χ1n) is 11.4. The zero-order valence-electron chi connectivity index (χ0n) is 21.0. The molecule has 0 aliphatic heterocycles. The quantitative estimate of drug-likeness (QED) is 0.189. The summed E-state index contributed by atoms with van der Waals surface area (Å²) >= 11 is 6.03. The van der Waals surface area contributed by atoms with Crippen LogP contribution in [0.3, 0.4) is 0 Å². The van der Waals surface area contributed by atoms with Gasteiger partial charge in [-0.3, -0.25) is 14.2 Å². The predicted molar refractivity (Wildman–Crippen MR) is 146 cm³/mol. The van der Waals surface area contributed by atoms with Gasteiger partial charge in [-0.15, -0.1) is 0 Å². The Balaban J connectivity index is 0.000000850. The fraction of sp³-hybridized carbons (Fsp3) is 0.0800. The number of ether oxygens (including phenoxy) is 2. The Morgan fingerprint density at radius 1 is 1.07 bits per heavy atom. The molecule has 0 aliphatic carbocycles. The number of phosphoric acid groups is 1. The van der Waals surface area contributed by atoms with Gasteiger partial charge in [-0.1, -0.05) is 11.6 Å². The van der Waals surface area contributed by atoms with E-state index in [1.165, 1.54) is 65.5 Å². The largest absolute Gasteiger partial charge is 0.493 e. The molecule has 2 heterocycles. The number of anilines is 2. The van der Waals surface area contributed by atoms with E-state index in [1.807, 2.05) is 0 Å². The summed E-state index contributed by atoms with van der Waals surface area (Å²) in [6, 6.07) is 11.7. The smallest absolute Gasteiger partial charge is 0.466 e. The van der Waals surface area contributed by atoms with Crippen LogP contribution in [0.1, 0.15) is 17.3 Å². The van der Waals surface area contributed by atoms with Crippen molar-refractivity contribution in [1.82, 2.24) is 9.55 Å². The van der Waals surface area contributed by atoms with E-state index in [1.54, 1.807) is 6.92 Å². The fourth-order valence-electron chi connectivity index (χ4n) is 3.30. The molecular weight excluding hydrogens is 589 g/mol. The van der Waals surface area contributed by atoms with E-state index in [0.717, 1.165) is 6.07 Å². The molecule has 1 amide bonds. The van der Waals surface area contributed by atoms with Gasteiger partial charge < -0.3 is 35.2 Å². The second-order valence-corrected chi connectivity index (χ2v) is 9.27. The summed E-state index contributed by atoms with van der Waals surface area (Å²) in [7, 11) is -4.64. The van der Waals surface area contributed by atoms with Crippen LogP contribution in [-0.2, 0) is 4.57 Å². The topological polar surface area (TPSA) is 186 Å². The monoisotopic (exact) mass is 610 g/mol. The molecule has 0 fully saturated rings. The summed E-state index contributed by atoms with van der Waals surface area (Å²) in [5.41, 5.74) is 5.04. The molecule has 0 saturated heterocycles. The number of pyridine rings is 2. The number of rotatable bonds is 7. The summed E-state index contributed by atoms with van der Waals surface area (Å²) in [6.45, 7) is 1.90. The van der Waals surface area contributed by atoms with Gasteiger partial charge in [0, 0.05) is 35.9 Å². The van der Waals surface area contributed by atoms with Crippen LogP contribution in [0.2, 0.25) is 5.02 Å². The number of nitrogens with two attached hydrogens (primary N) is 1. The van der Waals surface area contributed by atoms with Crippen LogP contribution in [0, 0.1) is 11.6 Å². The lowest BCUT2D eigenvalue weighted by Gasteiger charge is -2.14. The lowest BCUT2D eigenvalue weighted by Crippen LogP contribution is -2.29. The van der Waals surface area contributed by atoms with Crippen molar-refractivity contribution >= 4 is 36.8 Å². The number of nitrogen functional groups attached to an aromatic ring is 1. The number of hydrogen-bond donors (Lipinski definition) is 5. The average molecular weight is 611 g/mol. The summed E-state index contributed by atoms with van der Waals surface area (Å²) in [4.78, 5) is 51.6. The lowest BCUT2D eigenvalue weighted by molar-refractivity contribution is 0.102. The Bertz CT molecular complexity index is 1660. The molecule has 0 bridgehead atoms. The molecule has 0 unspecified atom stereocenters. The number of aromatic nitrogens is 2. The van der Waals surface area contributed by atoms with Crippen molar-refractivity contribution in [2.45, 2.75) is 6.92 Å². The number of hydrogen-bond acceptors (Lipinski definition) is 7. The molecule has 2 aromatic heterocycles. The highest BCUT2D eigenvalue weighted by Crippen LogP contribution is 2.34. The highest BCUT2D eigenvalue weighted by molar-refractivity contribution is 7.45. The Morgan fingerprint density at radius 3 is 2.34 bits per heavy atom. The summed E-state index contributed by atoms with van der Waals surface area (Å²) in [5.74, 6) is -2.10. The van der Waals surface area contributed by atoms with E-state index in [0.29, 0.717) is 5.69 Å². The molecule has 0 saturated carbocycles. The first-order chi connectivity index (χ1) is 19.3. The minimum atomic E-state index is -4.64. The van der Waals surface area contributed by atoms with Gasteiger partial charge in [0.05, 0.1) is 6.61 Å². The second kappa shape index (κ2) is 13.4. The number of benzene rings is 2. The Kier molecular flexibility index (Phi) is 10.2. The van der Waals surface area contributed by atoms with Gasteiger partial charge in [0.2, 0.25) is 0 Å². The molecule has 6 N–H and O–H groups in total. The predicted octanol–water partition coefficient (Wildman–Crippen LogP) is 4.26. The number of halogens is 3. The minimum Gasteiger partial charge on any atom is -0.493 e. The third-order valence-electron chi connectivity index (χ3n) is 4.98. The zero-order valence-corrected chi connectivity index (χ0v) is 22.6. The van der Waals surface area contributed by atoms with Crippen LogP contribution in [0.4, 0.5) is 20.3 Å². The molecule has 4 aromatic rings. The lowest BCUT2D eigenvalue weighted by atomic mass is 10.2. The molecule has 0 aliphatic rings. The SMILES string of the molecule is CCOc1ccn(-c2ccc(F)cc2)c(=O)c1C(=O)Nc1ccc(Oc2ccnc(N)c2Cl)c(F)c1.O=P(O)(O)O. The normalized spacial score (nSPS) is 10.8. The Labute approximate surface area is 235 Å². The third kappa shape index (κ3) is 8.58. The van der Waals surface area contributed by atoms with E-state index in [-0.39, 0.29) is 45.9 Å². The minimum absolute atomic E-state index is 0.0257. The molecule has 0 radical (unpaired) electrons. The van der Waals surface area contributed by atoms with Crippen molar-refractivity contribution in [2.24, 2.45) is 0 Å². The number of nitrogens with one attached hydrogen (secondary N) is 1. The van der Waals surface area contributed by atoms with Crippen LogP contribution in [0.25, 0.3) is 5.69 Å². The van der Waals surface area contributed by atoms with Crippen LogP contribution in [0.5, 0.6) is 17.2 Å². The van der Waals surface area contributed by atoms with Gasteiger partial charge in [0.15, 0.2) is 17.3 Å². The van der Waals surface area contributed by atoms with Gasteiger partial charge in [0.1, 0.15) is 28.0 Å². The molecule has 2 aromatic carbocycles. The van der Waals surface area contributed by atoms with Crippen LogP contribution in [0.15, 0.2) is 71.8 Å². The molecule has 4 rings (SSSR count). The van der Waals surface area contributed by atoms with E-state index in [4.69, 9.17) is 46.1 Å². The third-order valence-corrected chi connectivity index (χ3v) is 5.36. The number of carbonyl (C=O) groups excluding carboxylic acids is 1. The van der Waals surface area contributed by atoms with Gasteiger partial charge in [0.25, 0.3) is 11.5 Å². The van der Waals surface area contributed by atoms with Crippen molar-refractivity contribution in [3.05, 3.63) is 99.6 Å². The van der Waals surface area contributed by atoms with E-state index in [2.05, 4.69) is 10.3 Å². The van der Waals surface area contributed by atoms with E-state index < -0.39 is 30.9 Å². The Morgan fingerprint density at radius 2 is 1.73 bits per heavy atom. The summed E-state index contributed by atoms with van der Waals surface area (Å²) in [6.07, 6.45) is 2.78. The van der Waals surface area contributed by atoms with Crippen LogP contribution < -0.4 is 26.1 Å². The fourth-order valence-corrected chi connectivity index (χ4v) is 3.45. The molecule has 16 heteroatoms. The molecule has 41 heavy (non-hydrogen) atoms. The van der Waals surface area contributed by atoms with Gasteiger partial charge in [-0.25, -0.2) is 18.3 Å². The highest BCUT2D eigenvalue weighted by Gasteiger charge is 2.21. The summed E-state index contributed by atoms with van der Waals surface area (Å²) < 4.78 is 49.0. The molecule has 12 nitrogen and oxygen atoms in total. The number of nitrogens with zero attached hydrogens (tertiary/aromatic N) is 2. The molecular formula is C25H22ClF2N4O8P. The first kappa shape index (κ1) is 31.2. The van der Waals surface area contributed by atoms with Crippen LogP contribution >= 0.6 is 19.4 Å². The maximum atomic E-state index is 14.7. The van der Waals surface area contributed by atoms with E-state index in [9.17, 15) is 18.4 Å². The standard InChI is InChI=1S/C25H19ClF2N4O4.H3O4P/c1-2-35-19-10-12-32(16-6-3-14(27)4-7-16)25(34)21(19)24(33)31-15-5-8-18(17(28)13-15)36-20-9-11-30-23(29)22(20)26;1-5(2,3)4/h3-13H,2H2,1H3,(H2,29,30)(H,31,33);(H3,1,2,3,4). The van der Waals surface area contributed by atoms with Crippen molar-refractivity contribution in [3.8, 4) is 22.9 Å². The van der Waals surface area contributed by atoms with Crippen molar-refractivity contribution in [2.75, 3.05) is 17.7 Å². The maximum absolute atomic E-state index is 14.7. The van der Waals surface area contributed by atoms with Crippen molar-refractivity contribution in [3.63, 3.8) is 0 Å². The van der Waals surface area contributed by atoms with Gasteiger partial charge in [-0.05, 0) is 49.4 Å². The zero-order chi connectivity index (χ0) is 30.3. The van der Waals surface area contributed by atoms with Crippen molar-refractivity contribution < 1.29 is 42.3 Å².